The minimum atomic E-state index is -0.405. The van der Waals surface area contributed by atoms with Gasteiger partial charge in [0.2, 0.25) is 11.8 Å². The molecule has 1 saturated heterocycles. The van der Waals surface area contributed by atoms with E-state index in [-0.39, 0.29) is 18.2 Å². The summed E-state index contributed by atoms with van der Waals surface area (Å²) in [5, 5.41) is 3.02. The lowest BCUT2D eigenvalue weighted by atomic mass is 10.2. The summed E-state index contributed by atoms with van der Waals surface area (Å²) >= 11 is 0. The van der Waals surface area contributed by atoms with Gasteiger partial charge in [-0.1, -0.05) is 0 Å². The second-order valence-corrected chi connectivity index (χ2v) is 3.65. The van der Waals surface area contributed by atoms with E-state index < -0.39 is 6.04 Å². The van der Waals surface area contributed by atoms with E-state index in [9.17, 15) is 9.59 Å². The molecule has 2 amide bonds. The zero-order valence-electron chi connectivity index (χ0n) is 9.06. The van der Waals surface area contributed by atoms with Gasteiger partial charge in [-0.3, -0.25) is 19.8 Å². The Hall–Kier alpha value is -1.69. The van der Waals surface area contributed by atoms with Crippen molar-refractivity contribution in [1.82, 2.24) is 20.2 Å². The van der Waals surface area contributed by atoms with E-state index in [2.05, 4.69) is 15.3 Å². The van der Waals surface area contributed by atoms with Crippen LogP contribution < -0.4 is 5.32 Å². The Morgan fingerprint density at radius 1 is 1.62 bits per heavy atom. The van der Waals surface area contributed by atoms with Crippen LogP contribution in [0.4, 0.5) is 0 Å². The van der Waals surface area contributed by atoms with Crippen LogP contribution in [0.25, 0.3) is 0 Å². The Labute approximate surface area is 93.0 Å². The fourth-order valence-corrected chi connectivity index (χ4v) is 1.79. The van der Waals surface area contributed by atoms with Gasteiger partial charge in [-0.05, 0) is 6.92 Å². The number of hydrogen-bond acceptors (Lipinski definition) is 4. The summed E-state index contributed by atoms with van der Waals surface area (Å²) < 4.78 is 0. The quantitative estimate of drug-likeness (QED) is 0.682. The van der Waals surface area contributed by atoms with Crippen molar-refractivity contribution in [2.45, 2.75) is 25.9 Å². The Balaban J connectivity index is 1.92. The number of aromatic amines is 1. The van der Waals surface area contributed by atoms with Gasteiger partial charge in [0.25, 0.3) is 0 Å². The summed E-state index contributed by atoms with van der Waals surface area (Å²) in [6.07, 6.45) is 3.61. The molecule has 1 aliphatic heterocycles. The van der Waals surface area contributed by atoms with Crippen molar-refractivity contribution in [3.8, 4) is 0 Å². The van der Waals surface area contributed by atoms with Crippen LogP contribution in [0, 0.1) is 0 Å². The molecule has 6 nitrogen and oxygen atoms in total. The van der Waals surface area contributed by atoms with Gasteiger partial charge in [0.05, 0.1) is 19.0 Å². The third-order valence-corrected chi connectivity index (χ3v) is 2.63. The average Bonchev–Trinajstić information content (AvgIpc) is 2.85. The fourth-order valence-electron chi connectivity index (χ4n) is 1.79. The van der Waals surface area contributed by atoms with E-state index in [1.54, 1.807) is 19.3 Å². The summed E-state index contributed by atoms with van der Waals surface area (Å²) in [4.78, 5) is 31.4. The number of imidazole rings is 1. The molecule has 1 fully saturated rings. The molecule has 2 rings (SSSR count). The zero-order chi connectivity index (χ0) is 11.5. The predicted octanol–water partition coefficient (Wildman–Crippen LogP) is -0.353. The second kappa shape index (κ2) is 4.44. The number of nitrogens with zero attached hydrogens (tertiary/aromatic N) is 2. The molecular formula is C10H14N4O2. The van der Waals surface area contributed by atoms with E-state index >= 15 is 0 Å². The maximum atomic E-state index is 11.7. The molecule has 1 atom stereocenters. The minimum Gasteiger partial charge on any atom is -0.348 e. The highest BCUT2D eigenvalue weighted by Gasteiger charge is 2.36. The van der Waals surface area contributed by atoms with Crippen molar-refractivity contribution < 1.29 is 9.59 Å². The fraction of sp³-hybridized carbons (Fsp3) is 0.500. The van der Waals surface area contributed by atoms with E-state index in [1.807, 2.05) is 0 Å². The molecule has 0 bridgehead atoms. The molecule has 1 aromatic heterocycles. The highest BCUT2D eigenvalue weighted by molar-refractivity contribution is 6.05. The van der Waals surface area contributed by atoms with Gasteiger partial charge >= 0.3 is 0 Å². The largest absolute Gasteiger partial charge is 0.348 e. The second-order valence-electron chi connectivity index (χ2n) is 3.65. The molecule has 86 valence electrons. The van der Waals surface area contributed by atoms with Gasteiger partial charge in [0, 0.05) is 18.9 Å². The van der Waals surface area contributed by atoms with Crippen LogP contribution in [0.5, 0.6) is 0 Å². The van der Waals surface area contributed by atoms with Gasteiger partial charge < -0.3 is 4.98 Å². The average molecular weight is 222 g/mol. The zero-order valence-corrected chi connectivity index (χ0v) is 9.06. The summed E-state index contributed by atoms with van der Waals surface area (Å²) in [7, 11) is 0. The van der Waals surface area contributed by atoms with Crippen LogP contribution in [0.1, 0.15) is 19.2 Å². The molecule has 16 heavy (non-hydrogen) atoms. The molecule has 0 saturated carbocycles. The number of likely N-dealkylation sites (N-methyl/N-ethyl adjacent to an activating group) is 1. The molecule has 1 aromatic rings. The molecule has 0 radical (unpaired) electrons. The first-order valence-corrected chi connectivity index (χ1v) is 5.28. The summed E-state index contributed by atoms with van der Waals surface area (Å²) in [5.74, 6) is 0.513. The topological polar surface area (TPSA) is 78.1 Å². The lowest BCUT2D eigenvalue weighted by molar-refractivity contribution is -0.138. The molecule has 1 unspecified atom stereocenters. The van der Waals surface area contributed by atoms with Gasteiger partial charge in [0.1, 0.15) is 5.82 Å². The van der Waals surface area contributed by atoms with Crippen LogP contribution in [0.3, 0.4) is 0 Å². The normalized spacial score (nSPS) is 20.8. The monoisotopic (exact) mass is 222 g/mol. The van der Waals surface area contributed by atoms with Crippen LogP contribution >= 0.6 is 0 Å². The highest BCUT2D eigenvalue weighted by Crippen LogP contribution is 2.12. The van der Waals surface area contributed by atoms with Gasteiger partial charge in [-0.15, -0.1) is 0 Å². The van der Waals surface area contributed by atoms with Crippen LogP contribution in [-0.4, -0.2) is 39.3 Å². The number of rotatable bonds is 4. The Morgan fingerprint density at radius 3 is 3.00 bits per heavy atom. The molecule has 2 N–H and O–H groups in total. The lowest BCUT2D eigenvalue weighted by Gasteiger charge is -2.12. The first-order chi connectivity index (χ1) is 7.72. The molecule has 6 heteroatoms. The number of carbonyl (C=O) groups excluding carboxylic acids is 2. The van der Waals surface area contributed by atoms with Crippen molar-refractivity contribution in [3.05, 3.63) is 18.2 Å². The Morgan fingerprint density at radius 2 is 2.44 bits per heavy atom. The molecule has 1 aliphatic rings. The van der Waals surface area contributed by atoms with Gasteiger partial charge in [-0.25, -0.2) is 4.98 Å². The number of H-pyrrole nitrogens is 1. The van der Waals surface area contributed by atoms with E-state index in [0.717, 1.165) is 5.82 Å². The minimum absolute atomic E-state index is 0.107. The maximum absolute atomic E-state index is 11.7. The Kier molecular flexibility index (Phi) is 3.00. The molecule has 2 heterocycles. The van der Waals surface area contributed by atoms with E-state index in [1.165, 1.54) is 4.90 Å². The third kappa shape index (κ3) is 1.96. The maximum Gasteiger partial charge on any atom is 0.246 e. The predicted molar refractivity (Wildman–Crippen MR) is 56.2 cm³/mol. The SMILES string of the molecule is CCN1C(=O)CC(NCc2ncc[nH]2)C1=O. The number of amides is 2. The van der Waals surface area contributed by atoms with Crippen molar-refractivity contribution in [1.29, 1.82) is 0 Å². The number of carbonyl (C=O) groups is 2. The van der Waals surface area contributed by atoms with Gasteiger partial charge in [0.15, 0.2) is 0 Å². The summed E-state index contributed by atoms with van der Waals surface area (Å²) in [6, 6.07) is -0.405. The molecular weight excluding hydrogens is 208 g/mol. The van der Waals surface area contributed by atoms with Crippen LogP contribution in [0.2, 0.25) is 0 Å². The lowest BCUT2D eigenvalue weighted by Crippen LogP contribution is -2.38. The summed E-state index contributed by atoms with van der Waals surface area (Å²) in [5.41, 5.74) is 0. The first-order valence-electron chi connectivity index (χ1n) is 5.28. The molecule has 0 aliphatic carbocycles. The first kappa shape index (κ1) is 10.8. The van der Waals surface area contributed by atoms with Crippen molar-refractivity contribution in [3.63, 3.8) is 0 Å². The van der Waals surface area contributed by atoms with Crippen molar-refractivity contribution in [2.24, 2.45) is 0 Å². The Bertz CT molecular complexity index is 388. The number of likely N-dealkylation sites (tertiary alicyclic amines) is 1. The van der Waals surface area contributed by atoms with E-state index in [0.29, 0.717) is 13.1 Å². The van der Waals surface area contributed by atoms with Crippen LogP contribution in [0.15, 0.2) is 12.4 Å². The van der Waals surface area contributed by atoms with Crippen molar-refractivity contribution in [2.75, 3.05) is 6.54 Å². The smallest absolute Gasteiger partial charge is 0.246 e. The number of nitrogens with one attached hydrogen (secondary N) is 2. The van der Waals surface area contributed by atoms with E-state index in [4.69, 9.17) is 0 Å². The standard InChI is InChI=1S/C10H14N4O2/c1-2-14-9(15)5-7(10(14)16)13-6-8-11-3-4-12-8/h3-4,7,13H,2,5-6H2,1H3,(H,11,12). The highest BCUT2D eigenvalue weighted by atomic mass is 16.2. The number of imide groups is 1. The number of aromatic nitrogens is 2. The third-order valence-electron chi connectivity index (χ3n) is 2.63. The van der Waals surface area contributed by atoms with Crippen molar-refractivity contribution >= 4 is 11.8 Å². The molecule has 0 aromatic carbocycles. The summed E-state index contributed by atoms with van der Waals surface area (Å²) in [6.45, 7) is 2.70. The number of hydrogen-bond donors (Lipinski definition) is 2. The van der Waals surface area contributed by atoms with Crippen LogP contribution in [-0.2, 0) is 16.1 Å². The van der Waals surface area contributed by atoms with Gasteiger partial charge in [-0.2, -0.15) is 0 Å². The molecule has 0 spiro atoms.